The Labute approximate surface area is 89.9 Å². The number of ether oxygens (including phenoxy) is 1. The van der Waals surface area contributed by atoms with Crippen molar-refractivity contribution in [1.29, 1.82) is 0 Å². The fourth-order valence-electron chi connectivity index (χ4n) is 1.26. The Morgan fingerprint density at radius 3 is 2.47 bits per heavy atom. The lowest BCUT2D eigenvalue weighted by molar-refractivity contribution is -0.144. The van der Waals surface area contributed by atoms with Gasteiger partial charge in [0.25, 0.3) is 0 Å². The number of hydrogen-bond donors (Lipinski definition) is 0. The first-order valence-corrected chi connectivity index (χ1v) is 4.68. The van der Waals surface area contributed by atoms with E-state index in [0.717, 1.165) is 5.56 Å². The maximum Gasteiger partial charge on any atom is 0.303 e. The van der Waals surface area contributed by atoms with Gasteiger partial charge in [-0.3, -0.25) is 4.79 Å². The second-order valence-electron chi connectivity index (χ2n) is 3.18. The van der Waals surface area contributed by atoms with Gasteiger partial charge in [-0.15, -0.1) is 0 Å². The zero-order chi connectivity index (χ0) is 11.3. The minimum absolute atomic E-state index is 0.327. The van der Waals surface area contributed by atoms with Gasteiger partial charge in [0.15, 0.2) is 6.10 Å². The van der Waals surface area contributed by atoms with E-state index in [-0.39, 0.29) is 5.97 Å². The van der Waals surface area contributed by atoms with Crippen molar-refractivity contribution in [3.05, 3.63) is 60.7 Å². The van der Waals surface area contributed by atoms with E-state index < -0.39 is 6.10 Å². The lowest BCUT2D eigenvalue weighted by atomic mass is 10.0. The van der Waals surface area contributed by atoms with E-state index in [1.54, 1.807) is 6.08 Å². The third kappa shape index (κ3) is 3.09. The molecule has 0 aromatic heterocycles. The van der Waals surface area contributed by atoms with Crippen molar-refractivity contribution >= 4 is 5.97 Å². The largest absolute Gasteiger partial charge is 0.453 e. The molecule has 0 fully saturated rings. The molecule has 0 aliphatic heterocycles. The summed E-state index contributed by atoms with van der Waals surface area (Å²) in [6.07, 6.45) is 1.17. The lowest BCUT2D eigenvalue weighted by Gasteiger charge is -2.17. The summed E-state index contributed by atoms with van der Waals surface area (Å²) in [4.78, 5) is 11.0. The molecule has 0 aliphatic carbocycles. The molecule has 0 amide bonds. The summed E-state index contributed by atoms with van der Waals surface area (Å²) < 4.78 is 5.18. The number of benzene rings is 1. The maximum atomic E-state index is 11.0. The van der Waals surface area contributed by atoms with Gasteiger partial charge in [0.2, 0.25) is 0 Å². The van der Waals surface area contributed by atoms with Crippen LogP contribution in [0.25, 0.3) is 0 Å². The van der Waals surface area contributed by atoms with Crippen LogP contribution in [0.2, 0.25) is 0 Å². The SMILES string of the molecule is C=CC(=C)C(OC(C)=O)c1ccccc1. The fraction of sp³-hybridized carbons (Fsp3) is 0.154. The lowest BCUT2D eigenvalue weighted by Crippen LogP contribution is -2.09. The molecule has 0 saturated carbocycles. The Bertz CT molecular complexity index is 365. The third-order valence-electron chi connectivity index (χ3n) is 1.99. The summed E-state index contributed by atoms with van der Waals surface area (Å²) >= 11 is 0. The molecular weight excluding hydrogens is 188 g/mol. The number of hydrogen-bond acceptors (Lipinski definition) is 2. The van der Waals surface area contributed by atoms with Gasteiger partial charge in [0, 0.05) is 6.92 Å². The molecule has 1 unspecified atom stereocenters. The van der Waals surface area contributed by atoms with E-state index in [1.165, 1.54) is 6.92 Å². The smallest absolute Gasteiger partial charge is 0.303 e. The van der Waals surface area contributed by atoms with Crippen molar-refractivity contribution in [3.8, 4) is 0 Å². The Morgan fingerprint density at radius 1 is 1.40 bits per heavy atom. The van der Waals surface area contributed by atoms with E-state index in [9.17, 15) is 4.79 Å². The normalized spacial score (nSPS) is 11.5. The van der Waals surface area contributed by atoms with Crippen molar-refractivity contribution < 1.29 is 9.53 Å². The molecule has 1 aromatic carbocycles. The fourth-order valence-corrected chi connectivity index (χ4v) is 1.26. The predicted molar refractivity (Wildman–Crippen MR) is 60.3 cm³/mol. The first-order chi connectivity index (χ1) is 7.15. The van der Waals surface area contributed by atoms with E-state index in [0.29, 0.717) is 5.57 Å². The van der Waals surface area contributed by atoms with Crippen LogP contribution < -0.4 is 0 Å². The number of carbonyl (C=O) groups excluding carboxylic acids is 1. The van der Waals surface area contributed by atoms with Crippen molar-refractivity contribution in [3.63, 3.8) is 0 Å². The molecule has 0 heterocycles. The molecule has 1 aromatic rings. The molecule has 2 heteroatoms. The van der Waals surface area contributed by atoms with E-state index in [1.807, 2.05) is 30.3 Å². The highest BCUT2D eigenvalue weighted by Gasteiger charge is 2.15. The van der Waals surface area contributed by atoms with Gasteiger partial charge in [-0.05, 0) is 11.1 Å². The van der Waals surface area contributed by atoms with Gasteiger partial charge < -0.3 is 4.74 Å². The van der Waals surface area contributed by atoms with Crippen LogP contribution in [0.3, 0.4) is 0 Å². The highest BCUT2D eigenvalue weighted by atomic mass is 16.5. The van der Waals surface area contributed by atoms with Crippen molar-refractivity contribution in [2.24, 2.45) is 0 Å². The van der Waals surface area contributed by atoms with Gasteiger partial charge in [0.05, 0.1) is 0 Å². The van der Waals surface area contributed by atoms with Crippen LogP contribution in [0.1, 0.15) is 18.6 Å². The second kappa shape index (κ2) is 5.15. The van der Waals surface area contributed by atoms with Crippen LogP contribution in [-0.4, -0.2) is 5.97 Å². The van der Waals surface area contributed by atoms with Gasteiger partial charge >= 0.3 is 5.97 Å². The number of carbonyl (C=O) groups is 1. The first-order valence-electron chi connectivity index (χ1n) is 4.68. The molecule has 2 nitrogen and oxygen atoms in total. The van der Waals surface area contributed by atoms with E-state index in [4.69, 9.17) is 4.74 Å². The minimum Gasteiger partial charge on any atom is -0.453 e. The summed E-state index contributed by atoms with van der Waals surface area (Å²) in [5.74, 6) is -0.327. The Morgan fingerprint density at radius 2 is 2.00 bits per heavy atom. The van der Waals surface area contributed by atoms with Gasteiger partial charge in [0.1, 0.15) is 0 Å². The molecule has 0 saturated heterocycles. The quantitative estimate of drug-likeness (QED) is 0.554. The van der Waals surface area contributed by atoms with Crippen LogP contribution in [0.15, 0.2) is 55.1 Å². The standard InChI is InChI=1S/C13H14O2/c1-4-10(2)13(15-11(3)14)12-8-6-5-7-9-12/h4-9,13H,1-2H2,3H3. The molecule has 0 N–H and O–H groups in total. The molecule has 0 aliphatic rings. The zero-order valence-corrected chi connectivity index (χ0v) is 8.77. The number of rotatable bonds is 4. The molecule has 1 rings (SSSR count). The van der Waals surface area contributed by atoms with Crippen molar-refractivity contribution in [2.45, 2.75) is 13.0 Å². The molecule has 78 valence electrons. The number of esters is 1. The second-order valence-corrected chi connectivity index (χ2v) is 3.18. The summed E-state index contributed by atoms with van der Waals surface area (Å²) in [6, 6.07) is 9.47. The molecule has 0 spiro atoms. The molecule has 0 radical (unpaired) electrons. The third-order valence-corrected chi connectivity index (χ3v) is 1.99. The highest BCUT2D eigenvalue weighted by Crippen LogP contribution is 2.25. The molecule has 15 heavy (non-hydrogen) atoms. The molecule has 0 bridgehead atoms. The van der Waals surface area contributed by atoms with Crippen molar-refractivity contribution in [1.82, 2.24) is 0 Å². The summed E-state index contributed by atoms with van der Waals surface area (Å²) in [7, 11) is 0. The molecule has 1 atom stereocenters. The van der Waals surface area contributed by atoms with Crippen LogP contribution in [-0.2, 0) is 9.53 Å². The Kier molecular flexibility index (Phi) is 3.86. The predicted octanol–water partition coefficient (Wildman–Crippen LogP) is 3.03. The Balaban J connectivity index is 2.96. The summed E-state index contributed by atoms with van der Waals surface area (Å²) in [5, 5.41) is 0. The average Bonchev–Trinajstić information content (AvgIpc) is 2.26. The Hall–Kier alpha value is -1.83. The van der Waals surface area contributed by atoms with Gasteiger partial charge in [-0.1, -0.05) is 49.6 Å². The average molecular weight is 202 g/mol. The van der Waals surface area contributed by atoms with Crippen LogP contribution in [0.5, 0.6) is 0 Å². The van der Waals surface area contributed by atoms with Gasteiger partial charge in [-0.25, -0.2) is 0 Å². The van der Waals surface area contributed by atoms with Crippen LogP contribution in [0.4, 0.5) is 0 Å². The highest BCUT2D eigenvalue weighted by molar-refractivity contribution is 5.66. The van der Waals surface area contributed by atoms with Gasteiger partial charge in [-0.2, -0.15) is 0 Å². The maximum absolute atomic E-state index is 11.0. The topological polar surface area (TPSA) is 26.3 Å². The zero-order valence-electron chi connectivity index (χ0n) is 8.77. The van der Waals surface area contributed by atoms with E-state index in [2.05, 4.69) is 13.2 Å². The molecular formula is C13H14O2. The van der Waals surface area contributed by atoms with Crippen LogP contribution >= 0.6 is 0 Å². The van der Waals surface area contributed by atoms with E-state index >= 15 is 0 Å². The van der Waals surface area contributed by atoms with Crippen LogP contribution in [0, 0.1) is 0 Å². The van der Waals surface area contributed by atoms with Crippen molar-refractivity contribution in [2.75, 3.05) is 0 Å². The summed E-state index contributed by atoms with van der Waals surface area (Å²) in [5.41, 5.74) is 1.58. The monoisotopic (exact) mass is 202 g/mol. The minimum atomic E-state index is -0.429. The summed E-state index contributed by atoms with van der Waals surface area (Å²) in [6.45, 7) is 8.81. The first kappa shape index (κ1) is 11.2.